The van der Waals surface area contributed by atoms with Crippen molar-refractivity contribution >= 4 is 49.3 Å². The Hall–Kier alpha value is -3.16. The van der Waals surface area contributed by atoms with Crippen LogP contribution in [0.1, 0.15) is 25.3 Å². The van der Waals surface area contributed by atoms with Crippen molar-refractivity contribution in [1.82, 2.24) is 20.0 Å². The summed E-state index contributed by atoms with van der Waals surface area (Å²) < 4.78 is 72.6. The largest absolute Gasteiger partial charge is 0.468 e. The molecular weight excluding hydrogens is 576 g/mol. The van der Waals surface area contributed by atoms with Crippen LogP contribution in [-0.4, -0.2) is 57.5 Å². The zero-order valence-corrected chi connectivity index (χ0v) is 24.0. The van der Waals surface area contributed by atoms with E-state index in [9.17, 15) is 12.8 Å². The molecular formula is C28H28ClF2N5O4S. The number of ether oxygens (including phenoxy) is 2. The van der Waals surface area contributed by atoms with E-state index < -0.39 is 27.4 Å². The van der Waals surface area contributed by atoms with E-state index in [2.05, 4.69) is 20.0 Å². The molecule has 6 rings (SSSR count). The van der Waals surface area contributed by atoms with Gasteiger partial charge in [0, 0.05) is 31.1 Å². The molecule has 41 heavy (non-hydrogen) atoms. The highest BCUT2D eigenvalue weighted by molar-refractivity contribution is 7.91. The summed E-state index contributed by atoms with van der Waals surface area (Å²) in [7, 11) is -2.50. The van der Waals surface area contributed by atoms with Crippen molar-refractivity contribution in [1.29, 1.82) is 0 Å². The quantitative estimate of drug-likeness (QED) is 0.243. The van der Waals surface area contributed by atoms with Crippen LogP contribution in [-0.2, 0) is 21.4 Å². The molecule has 2 N–H and O–H groups in total. The lowest BCUT2D eigenvalue weighted by atomic mass is 9.89. The Morgan fingerprint density at radius 2 is 1.95 bits per heavy atom. The molecule has 1 atom stereocenters. The molecule has 9 nitrogen and oxygen atoms in total. The van der Waals surface area contributed by atoms with Crippen molar-refractivity contribution in [2.24, 2.45) is 0 Å². The topological polar surface area (TPSA) is 106 Å². The SMILES string of the molecule is CCc1c(F)ccc2cc(OCOC)cc(-c3ccc4c(N5C6(CCCNC6)CNS5(=O)=O)nc(Cl)nc4c3F)c12. The Kier molecular flexibility index (Phi) is 7.23. The Bertz CT molecular complexity index is 1780. The fourth-order valence-corrected chi connectivity index (χ4v) is 7.81. The summed E-state index contributed by atoms with van der Waals surface area (Å²) in [5, 5.41) is 4.35. The molecule has 1 unspecified atom stereocenters. The molecule has 3 aromatic carbocycles. The number of aryl methyl sites for hydroxylation is 1. The fourth-order valence-electron chi connectivity index (χ4n) is 5.97. The van der Waals surface area contributed by atoms with Crippen LogP contribution in [0.3, 0.4) is 0 Å². The summed E-state index contributed by atoms with van der Waals surface area (Å²) >= 11 is 6.31. The van der Waals surface area contributed by atoms with Gasteiger partial charge in [-0.1, -0.05) is 19.1 Å². The normalized spacial score (nSPS) is 20.4. The van der Waals surface area contributed by atoms with Crippen molar-refractivity contribution in [3.05, 3.63) is 58.9 Å². The van der Waals surface area contributed by atoms with Gasteiger partial charge in [-0.2, -0.15) is 18.1 Å². The second kappa shape index (κ2) is 10.6. The predicted octanol–water partition coefficient (Wildman–Crippen LogP) is 4.70. The lowest BCUT2D eigenvalue weighted by Crippen LogP contribution is -2.57. The highest BCUT2D eigenvalue weighted by Crippen LogP contribution is 2.43. The minimum Gasteiger partial charge on any atom is -0.468 e. The second-order valence-corrected chi connectivity index (χ2v) is 12.2. The standard InChI is InChI=1S/C28H28ClF2N5O4S/c1-3-18-22(30)8-5-16-11-17(40-15-39-2)12-21(23(16)18)19-6-7-20-25(24(19)31)34-27(29)35-26(20)36-28(9-4-10-32-13-28)14-33-41(36,37)38/h5-8,11-12,32-33H,3-4,9-10,13-15H2,1-2H3. The third-order valence-corrected chi connectivity index (χ3v) is 9.50. The van der Waals surface area contributed by atoms with Gasteiger partial charge in [-0.05, 0) is 83.6 Å². The first-order valence-electron chi connectivity index (χ1n) is 13.2. The van der Waals surface area contributed by atoms with Crippen molar-refractivity contribution in [2.45, 2.75) is 31.7 Å². The van der Waals surface area contributed by atoms with Crippen LogP contribution in [0.4, 0.5) is 14.6 Å². The summed E-state index contributed by atoms with van der Waals surface area (Å²) in [6, 6.07) is 9.48. The molecule has 2 aliphatic rings. The molecule has 0 amide bonds. The summed E-state index contributed by atoms with van der Waals surface area (Å²) in [6.07, 6.45) is 1.72. The van der Waals surface area contributed by atoms with Crippen LogP contribution in [0.25, 0.3) is 32.8 Å². The van der Waals surface area contributed by atoms with Crippen molar-refractivity contribution < 1.29 is 26.7 Å². The van der Waals surface area contributed by atoms with E-state index in [0.717, 1.165) is 13.0 Å². The van der Waals surface area contributed by atoms with E-state index in [1.54, 1.807) is 24.3 Å². The molecule has 3 heterocycles. The number of piperidine rings is 1. The lowest BCUT2D eigenvalue weighted by Gasteiger charge is -2.39. The number of methoxy groups -OCH3 is 1. The first-order valence-corrected chi connectivity index (χ1v) is 15.0. The number of benzene rings is 3. The van der Waals surface area contributed by atoms with Gasteiger partial charge in [-0.15, -0.1) is 0 Å². The molecule has 0 bridgehead atoms. The second-order valence-electron chi connectivity index (χ2n) is 10.2. The van der Waals surface area contributed by atoms with Gasteiger partial charge >= 0.3 is 10.2 Å². The van der Waals surface area contributed by atoms with Crippen molar-refractivity contribution in [3.63, 3.8) is 0 Å². The van der Waals surface area contributed by atoms with E-state index in [4.69, 9.17) is 21.1 Å². The molecule has 0 aliphatic carbocycles. The van der Waals surface area contributed by atoms with E-state index in [0.29, 0.717) is 47.0 Å². The minimum atomic E-state index is -3.99. The smallest absolute Gasteiger partial charge is 0.303 e. The predicted molar refractivity (Wildman–Crippen MR) is 154 cm³/mol. The average Bonchev–Trinajstić information content (AvgIpc) is 3.21. The molecule has 2 saturated heterocycles. The Labute approximate surface area is 241 Å². The molecule has 4 aromatic rings. The fraction of sp³-hybridized carbons (Fsp3) is 0.357. The van der Waals surface area contributed by atoms with Crippen LogP contribution in [0, 0.1) is 11.6 Å². The summed E-state index contributed by atoms with van der Waals surface area (Å²) in [5.41, 5.74) is -0.0259. The number of nitrogens with one attached hydrogen (secondary N) is 2. The van der Waals surface area contributed by atoms with Gasteiger partial charge in [0.15, 0.2) is 18.4 Å². The highest BCUT2D eigenvalue weighted by Gasteiger charge is 2.51. The highest BCUT2D eigenvalue weighted by atomic mass is 35.5. The lowest BCUT2D eigenvalue weighted by molar-refractivity contribution is 0.0512. The minimum absolute atomic E-state index is 0.00137. The van der Waals surface area contributed by atoms with Crippen molar-refractivity contribution in [3.8, 4) is 16.9 Å². The average molecular weight is 604 g/mol. The molecule has 2 fully saturated rings. The third kappa shape index (κ3) is 4.67. The first kappa shape index (κ1) is 28.0. The number of aromatic nitrogens is 2. The summed E-state index contributed by atoms with van der Waals surface area (Å²) in [5.74, 6) is -0.741. The van der Waals surface area contributed by atoms with Gasteiger partial charge in [0.25, 0.3) is 0 Å². The number of halogens is 3. The van der Waals surface area contributed by atoms with Gasteiger partial charge in [0.2, 0.25) is 5.28 Å². The zero-order chi connectivity index (χ0) is 28.9. The number of hydrogen-bond acceptors (Lipinski definition) is 7. The summed E-state index contributed by atoms with van der Waals surface area (Å²) in [4.78, 5) is 8.48. The van der Waals surface area contributed by atoms with Crippen LogP contribution in [0.15, 0.2) is 36.4 Å². The van der Waals surface area contributed by atoms with E-state index in [-0.39, 0.29) is 40.9 Å². The first-order chi connectivity index (χ1) is 19.7. The van der Waals surface area contributed by atoms with Gasteiger partial charge in [-0.25, -0.2) is 18.1 Å². The maximum absolute atomic E-state index is 16.6. The van der Waals surface area contributed by atoms with Gasteiger partial charge in [-0.3, -0.25) is 0 Å². The molecule has 1 spiro atoms. The Morgan fingerprint density at radius 1 is 1.12 bits per heavy atom. The summed E-state index contributed by atoms with van der Waals surface area (Å²) in [6.45, 7) is 3.13. The molecule has 2 aliphatic heterocycles. The van der Waals surface area contributed by atoms with Gasteiger partial charge in [0.1, 0.15) is 17.1 Å². The maximum Gasteiger partial charge on any atom is 0.303 e. The van der Waals surface area contributed by atoms with Crippen LogP contribution in [0.2, 0.25) is 5.28 Å². The Morgan fingerprint density at radius 3 is 2.68 bits per heavy atom. The van der Waals surface area contributed by atoms with Crippen LogP contribution in [0.5, 0.6) is 5.75 Å². The zero-order valence-electron chi connectivity index (χ0n) is 22.4. The van der Waals surface area contributed by atoms with Gasteiger partial charge in [0.05, 0.1) is 5.54 Å². The number of nitrogens with zero attached hydrogens (tertiary/aromatic N) is 3. The number of anilines is 1. The molecule has 1 aromatic heterocycles. The molecule has 13 heteroatoms. The number of fused-ring (bicyclic) bond motifs is 2. The van der Waals surface area contributed by atoms with E-state index >= 15 is 4.39 Å². The van der Waals surface area contributed by atoms with Gasteiger partial charge < -0.3 is 14.8 Å². The van der Waals surface area contributed by atoms with Crippen molar-refractivity contribution in [2.75, 3.05) is 37.8 Å². The molecule has 216 valence electrons. The Balaban J connectivity index is 1.60. The molecule has 0 saturated carbocycles. The third-order valence-electron chi connectivity index (χ3n) is 7.79. The van der Waals surface area contributed by atoms with E-state index in [1.807, 2.05) is 6.92 Å². The van der Waals surface area contributed by atoms with Crippen LogP contribution < -0.4 is 19.1 Å². The molecule has 0 radical (unpaired) electrons. The number of hydrogen-bond donors (Lipinski definition) is 2. The maximum atomic E-state index is 16.6. The van der Waals surface area contributed by atoms with E-state index in [1.165, 1.54) is 23.5 Å². The van der Waals surface area contributed by atoms with Crippen LogP contribution >= 0.6 is 11.6 Å². The number of rotatable bonds is 6. The monoisotopic (exact) mass is 603 g/mol.